The van der Waals surface area contributed by atoms with Crippen LogP contribution >= 0.6 is 12.4 Å². The largest absolute Gasteiger partial charge is 0.493 e. The molecule has 0 heterocycles. The second-order valence-corrected chi connectivity index (χ2v) is 9.24. The van der Waals surface area contributed by atoms with E-state index in [4.69, 9.17) is 9.47 Å². The SMILES string of the molecule is COc1ccc(C(C#N)(CC#CCNCc2c3ccccc3cc3ccccc23)C(C)C)cc1OC.Cl. The molecule has 0 saturated heterocycles. The zero-order chi connectivity index (χ0) is 25.5. The second-order valence-electron chi connectivity index (χ2n) is 9.24. The maximum Gasteiger partial charge on any atom is 0.161 e. The summed E-state index contributed by atoms with van der Waals surface area (Å²) in [6, 6.07) is 27.5. The molecule has 0 aliphatic heterocycles. The van der Waals surface area contributed by atoms with E-state index in [-0.39, 0.29) is 18.3 Å². The van der Waals surface area contributed by atoms with E-state index in [9.17, 15) is 5.26 Å². The molecule has 4 aromatic rings. The summed E-state index contributed by atoms with van der Waals surface area (Å²) < 4.78 is 10.8. The number of fused-ring (bicyclic) bond motifs is 2. The van der Waals surface area contributed by atoms with Crippen molar-refractivity contribution in [2.75, 3.05) is 20.8 Å². The van der Waals surface area contributed by atoms with Crippen LogP contribution in [0, 0.1) is 29.1 Å². The molecule has 5 heteroatoms. The van der Waals surface area contributed by atoms with Crippen molar-refractivity contribution in [1.82, 2.24) is 5.32 Å². The topological polar surface area (TPSA) is 54.3 Å². The molecule has 0 amide bonds. The number of nitriles is 1. The van der Waals surface area contributed by atoms with Crippen LogP contribution in [0.4, 0.5) is 0 Å². The minimum absolute atomic E-state index is 0. The Morgan fingerprint density at radius 3 is 2.03 bits per heavy atom. The van der Waals surface area contributed by atoms with Crippen molar-refractivity contribution in [3.05, 3.63) is 83.9 Å². The molecular formula is C32H33ClN2O2. The lowest BCUT2D eigenvalue weighted by Crippen LogP contribution is -2.30. The van der Waals surface area contributed by atoms with Gasteiger partial charge in [0.2, 0.25) is 0 Å². The van der Waals surface area contributed by atoms with E-state index in [2.05, 4.69) is 91.7 Å². The number of nitrogens with one attached hydrogen (secondary N) is 1. The lowest BCUT2D eigenvalue weighted by atomic mass is 9.70. The first kappa shape index (κ1) is 27.9. The van der Waals surface area contributed by atoms with Crippen LogP contribution in [-0.4, -0.2) is 20.8 Å². The van der Waals surface area contributed by atoms with Gasteiger partial charge in [0.25, 0.3) is 0 Å². The molecule has 0 saturated carbocycles. The second kappa shape index (κ2) is 12.5. The number of hydrogen-bond donors (Lipinski definition) is 1. The molecule has 37 heavy (non-hydrogen) atoms. The number of hydrogen-bond acceptors (Lipinski definition) is 4. The first-order chi connectivity index (χ1) is 17.5. The fraction of sp³-hybridized carbons (Fsp3) is 0.281. The van der Waals surface area contributed by atoms with Gasteiger partial charge in [-0.15, -0.1) is 12.4 Å². The number of methoxy groups -OCH3 is 2. The van der Waals surface area contributed by atoms with E-state index in [1.807, 2.05) is 18.2 Å². The van der Waals surface area contributed by atoms with Crippen molar-refractivity contribution in [3.8, 4) is 29.4 Å². The average Bonchev–Trinajstić information content (AvgIpc) is 2.91. The van der Waals surface area contributed by atoms with Gasteiger partial charge in [-0.25, -0.2) is 0 Å². The summed E-state index contributed by atoms with van der Waals surface area (Å²) in [7, 11) is 3.22. The van der Waals surface area contributed by atoms with Crippen molar-refractivity contribution in [2.45, 2.75) is 32.2 Å². The molecule has 1 N–H and O–H groups in total. The molecule has 0 radical (unpaired) electrons. The summed E-state index contributed by atoms with van der Waals surface area (Å²) in [6.07, 6.45) is 0.440. The van der Waals surface area contributed by atoms with Crippen LogP contribution in [0.15, 0.2) is 72.8 Å². The van der Waals surface area contributed by atoms with Crippen LogP contribution in [0.3, 0.4) is 0 Å². The van der Waals surface area contributed by atoms with E-state index in [0.29, 0.717) is 24.5 Å². The van der Waals surface area contributed by atoms with Crippen LogP contribution < -0.4 is 14.8 Å². The molecule has 0 aromatic heterocycles. The van der Waals surface area contributed by atoms with Gasteiger partial charge in [0.1, 0.15) is 0 Å². The Morgan fingerprint density at radius 2 is 1.46 bits per heavy atom. The summed E-state index contributed by atoms with van der Waals surface area (Å²) in [5.74, 6) is 7.86. The average molecular weight is 513 g/mol. The van der Waals surface area contributed by atoms with E-state index in [1.54, 1.807) is 14.2 Å². The van der Waals surface area contributed by atoms with Crippen molar-refractivity contribution in [2.24, 2.45) is 5.92 Å². The number of benzene rings is 4. The fourth-order valence-electron chi connectivity index (χ4n) is 4.80. The molecule has 1 atom stereocenters. The Kier molecular flexibility index (Phi) is 9.42. The molecule has 1 unspecified atom stereocenters. The van der Waals surface area contributed by atoms with Crippen molar-refractivity contribution < 1.29 is 9.47 Å². The normalized spacial score (nSPS) is 12.2. The predicted molar refractivity (Wildman–Crippen MR) is 154 cm³/mol. The van der Waals surface area contributed by atoms with Gasteiger partial charge in [0.15, 0.2) is 11.5 Å². The Balaban J connectivity index is 0.00000380. The Bertz CT molecular complexity index is 1430. The van der Waals surface area contributed by atoms with Crippen LogP contribution in [0.1, 0.15) is 31.4 Å². The molecule has 4 nitrogen and oxygen atoms in total. The molecule has 4 rings (SSSR count). The highest BCUT2D eigenvalue weighted by Gasteiger charge is 2.36. The van der Waals surface area contributed by atoms with Crippen molar-refractivity contribution in [1.29, 1.82) is 5.26 Å². The highest BCUT2D eigenvalue weighted by molar-refractivity contribution is 6.02. The highest BCUT2D eigenvalue weighted by Crippen LogP contribution is 2.39. The summed E-state index contributed by atoms with van der Waals surface area (Å²) in [6.45, 7) is 5.39. The number of ether oxygens (including phenoxy) is 2. The molecule has 4 aromatic carbocycles. The van der Waals surface area contributed by atoms with E-state index >= 15 is 0 Å². The molecule has 0 fully saturated rings. The van der Waals surface area contributed by atoms with Gasteiger partial charge in [-0.2, -0.15) is 5.26 Å². The van der Waals surface area contributed by atoms with Gasteiger partial charge in [0.05, 0.1) is 32.2 Å². The molecule has 0 bridgehead atoms. The molecule has 0 aliphatic carbocycles. The minimum atomic E-state index is -0.738. The zero-order valence-corrected chi connectivity index (χ0v) is 22.6. The Labute approximate surface area is 226 Å². The van der Waals surface area contributed by atoms with E-state index in [1.165, 1.54) is 27.1 Å². The minimum Gasteiger partial charge on any atom is -0.493 e. The Morgan fingerprint density at radius 1 is 0.838 bits per heavy atom. The maximum absolute atomic E-state index is 10.2. The van der Waals surface area contributed by atoms with Crippen molar-refractivity contribution >= 4 is 34.0 Å². The summed E-state index contributed by atoms with van der Waals surface area (Å²) in [4.78, 5) is 0. The van der Waals surface area contributed by atoms with E-state index < -0.39 is 5.41 Å². The van der Waals surface area contributed by atoms with Crippen LogP contribution in [0.2, 0.25) is 0 Å². The summed E-state index contributed by atoms with van der Waals surface area (Å²) in [5, 5.41) is 18.7. The fourth-order valence-corrected chi connectivity index (χ4v) is 4.80. The lowest BCUT2D eigenvalue weighted by molar-refractivity contribution is 0.350. The quantitative estimate of drug-likeness (QED) is 0.156. The van der Waals surface area contributed by atoms with Crippen LogP contribution in [0.5, 0.6) is 11.5 Å². The van der Waals surface area contributed by atoms with Gasteiger partial charge < -0.3 is 14.8 Å². The zero-order valence-electron chi connectivity index (χ0n) is 21.8. The van der Waals surface area contributed by atoms with Crippen LogP contribution in [0.25, 0.3) is 21.5 Å². The maximum atomic E-state index is 10.2. The highest BCUT2D eigenvalue weighted by atomic mass is 35.5. The van der Waals surface area contributed by atoms with Gasteiger partial charge in [-0.1, -0.05) is 80.3 Å². The molecule has 190 valence electrons. The van der Waals surface area contributed by atoms with E-state index in [0.717, 1.165) is 12.1 Å². The summed E-state index contributed by atoms with van der Waals surface area (Å²) in [5.41, 5.74) is 1.43. The predicted octanol–water partition coefficient (Wildman–Crippen LogP) is 7.03. The number of nitrogens with zero attached hydrogens (tertiary/aromatic N) is 1. The Hall–Kier alpha value is -3.70. The molecular weight excluding hydrogens is 480 g/mol. The van der Waals surface area contributed by atoms with Crippen molar-refractivity contribution in [3.63, 3.8) is 0 Å². The molecule has 0 aliphatic rings. The monoisotopic (exact) mass is 512 g/mol. The van der Waals surface area contributed by atoms with Gasteiger partial charge >= 0.3 is 0 Å². The third-order valence-corrected chi connectivity index (χ3v) is 6.97. The smallest absolute Gasteiger partial charge is 0.161 e. The number of rotatable bonds is 8. The van der Waals surface area contributed by atoms with Crippen LogP contribution in [-0.2, 0) is 12.0 Å². The van der Waals surface area contributed by atoms with Gasteiger partial charge in [0, 0.05) is 13.0 Å². The standard InChI is InChI=1S/C32H32N2O2.ClH/c1-23(2)32(22-33,26-15-16-30(35-3)31(20-26)36-4)17-9-10-18-34-21-29-27-13-7-5-11-24(27)19-25-12-6-8-14-28(25)29;/h5-8,11-16,19-20,23,34H,17-18,21H2,1-4H3;1H. The first-order valence-corrected chi connectivity index (χ1v) is 12.2. The summed E-state index contributed by atoms with van der Waals surface area (Å²) >= 11 is 0. The lowest BCUT2D eigenvalue weighted by Gasteiger charge is -2.30. The third kappa shape index (κ3) is 5.67. The molecule has 0 spiro atoms. The van der Waals surface area contributed by atoms with Gasteiger partial charge in [-0.3, -0.25) is 0 Å². The first-order valence-electron chi connectivity index (χ1n) is 12.2. The third-order valence-electron chi connectivity index (χ3n) is 6.97. The number of halogens is 1. The van der Waals surface area contributed by atoms with Gasteiger partial charge in [-0.05, 0) is 56.8 Å².